The Morgan fingerprint density at radius 1 is 0.741 bits per heavy atom. The molecule has 0 aromatic carbocycles. The van der Waals surface area contributed by atoms with Gasteiger partial charge in [-0.15, -0.1) is 0 Å². The third-order valence-electron chi connectivity index (χ3n) is 6.11. The van der Waals surface area contributed by atoms with Crippen LogP contribution in [0.2, 0.25) is 0 Å². The Labute approximate surface area is 165 Å². The van der Waals surface area contributed by atoms with E-state index in [2.05, 4.69) is 6.58 Å². The first-order valence-corrected chi connectivity index (χ1v) is 11.2. The Morgan fingerprint density at radius 2 is 1.22 bits per heavy atom. The molecule has 0 spiro atoms. The molecule has 2 fully saturated rings. The molecule has 4 heteroatoms. The van der Waals surface area contributed by atoms with Crippen LogP contribution < -0.4 is 0 Å². The Kier molecular flexibility index (Phi) is 10.5. The predicted molar refractivity (Wildman–Crippen MR) is 107 cm³/mol. The largest absolute Gasteiger partial charge is 0.465 e. The highest BCUT2D eigenvalue weighted by atomic mass is 16.5. The van der Waals surface area contributed by atoms with Gasteiger partial charge < -0.3 is 9.47 Å². The molecule has 0 N–H and O–H groups in total. The number of carbonyl (C=O) groups is 2. The van der Waals surface area contributed by atoms with Crippen molar-refractivity contribution in [3.8, 4) is 0 Å². The summed E-state index contributed by atoms with van der Waals surface area (Å²) in [6.45, 7) is 4.55. The van der Waals surface area contributed by atoms with Crippen molar-refractivity contribution in [2.24, 2.45) is 11.8 Å². The van der Waals surface area contributed by atoms with Gasteiger partial charge in [-0.1, -0.05) is 70.8 Å². The minimum absolute atomic E-state index is 0.0646. The van der Waals surface area contributed by atoms with Crippen LogP contribution in [-0.4, -0.2) is 25.2 Å². The zero-order valence-electron chi connectivity index (χ0n) is 17.0. The molecular weight excluding hydrogens is 340 g/mol. The molecule has 0 aromatic rings. The van der Waals surface area contributed by atoms with Crippen LogP contribution >= 0.6 is 0 Å². The summed E-state index contributed by atoms with van der Waals surface area (Å²) in [4.78, 5) is 23.8. The molecule has 0 heterocycles. The van der Waals surface area contributed by atoms with Gasteiger partial charge in [0.15, 0.2) is 0 Å². The lowest BCUT2D eigenvalue weighted by atomic mass is 9.86. The second-order valence-electron chi connectivity index (χ2n) is 8.43. The normalized spacial score (nSPS) is 18.8. The number of rotatable bonds is 11. The van der Waals surface area contributed by atoms with E-state index in [1.165, 1.54) is 64.2 Å². The first-order chi connectivity index (χ1) is 13.1. The molecule has 0 aromatic heterocycles. The van der Waals surface area contributed by atoms with E-state index in [1.807, 2.05) is 0 Å². The van der Waals surface area contributed by atoms with Gasteiger partial charge in [-0.3, -0.25) is 4.79 Å². The van der Waals surface area contributed by atoms with Crippen molar-refractivity contribution >= 4 is 11.9 Å². The fourth-order valence-electron chi connectivity index (χ4n) is 4.45. The van der Waals surface area contributed by atoms with Gasteiger partial charge in [0.2, 0.25) is 0 Å². The quantitative estimate of drug-likeness (QED) is 0.261. The minimum Gasteiger partial charge on any atom is -0.465 e. The summed E-state index contributed by atoms with van der Waals surface area (Å²) in [5.41, 5.74) is 0.199. The molecule has 0 bridgehead atoms. The highest BCUT2D eigenvalue weighted by Gasteiger charge is 2.17. The minimum atomic E-state index is -0.460. The smallest absolute Gasteiger partial charge is 0.333 e. The molecule has 0 unspecified atom stereocenters. The summed E-state index contributed by atoms with van der Waals surface area (Å²) < 4.78 is 10.5. The monoisotopic (exact) mass is 378 g/mol. The maximum Gasteiger partial charge on any atom is 0.333 e. The number of esters is 2. The molecule has 2 rings (SSSR count). The van der Waals surface area contributed by atoms with E-state index in [-0.39, 0.29) is 18.0 Å². The van der Waals surface area contributed by atoms with Crippen molar-refractivity contribution in [2.75, 3.05) is 13.2 Å². The van der Waals surface area contributed by atoms with Crippen LogP contribution in [0, 0.1) is 11.8 Å². The zero-order chi connectivity index (χ0) is 19.3. The standard InChI is InChI=1S/C23H38O4/c1-19(23(25)27-17-9-15-21-12-6-3-7-13-21)18-22(24)26-16-8-14-20-10-4-2-5-11-20/h20-21H,1-18H2. The predicted octanol–water partition coefficient (Wildman–Crippen LogP) is 5.74. The third-order valence-corrected chi connectivity index (χ3v) is 6.11. The topological polar surface area (TPSA) is 52.6 Å². The fourth-order valence-corrected chi connectivity index (χ4v) is 4.45. The molecule has 2 aliphatic carbocycles. The van der Waals surface area contributed by atoms with Crippen LogP contribution in [0.1, 0.15) is 96.3 Å². The van der Waals surface area contributed by atoms with Gasteiger partial charge in [-0.05, 0) is 37.5 Å². The Bertz CT molecular complexity index is 459. The molecule has 4 nitrogen and oxygen atoms in total. The van der Waals surface area contributed by atoms with Crippen molar-refractivity contribution in [1.29, 1.82) is 0 Å². The number of hydrogen-bond donors (Lipinski definition) is 0. The summed E-state index contributed by atoms with van der Waals surface area (Å²) in [7, 11) is 0. The SMILES string of the molecule is C=C(CC(=O)OCCCC1CCCCC1)C(=O)OCCCC1CCCCC1. The van der Waals surface area contributed by atoms with Gasteiger partial charge in [0, 0.05) is 5.57 Å². The highest BCUT2D eigenvalue weighted by molar-refractivity contribution is 5.93. The summed E-state index contributed by atoms with van der Waals surface area (Å²) >= 11 is 0. The second-order valence-corrected chi connectivity index (χ2v) is 8.43. The average molecular weight is 379 g/mol. The molecule has 2 aliphatic rings. The van der Waals surface area contributed by atoms with Crippen LogP contribution in [0.25, 0.3) is 0 Å². The van der Waals surface area contributed by atoms with Gasteiger partial charge in [0.05, 0.1) is 19.6 Å². The van der Waals surface area contributed by atoms with Crippen molar-refractivity contribution < 1.29 is 19.1 Å². The first-order valence-electron chi connectivity index (χ1n) is 11.2. The van der Waals surface area contributed by atoms with E-state index in [9.17, 15) is 9.59 Å². The van der Waals surface area contributed by atoms with Crippen molar-refractivity contribution in [3.05, 3.63) is 12.2 Å². The zero-order valence-corrected chi connectivity index (χ0v) is 17.0. The van der Waals surface area contributed by atoms with E-state index in [4.69, 9.17) is 9.47 Å². The lowest BCUT2D eigenvalue weighted by Gasteiger charge is -2.21. The van der Waals surface area contributed by atoms with Crippen LogP contribution in [0.3, 0.4) is 0 Å². The maximum atomic E-state index is 11.9. The maximum absolute atomic E-state index is 11.9. The molecule has 0 radical (unpaired) electrons. The Balaban J connectivity index is 1.47. The van der Waals surface area contributed by atoms with Gasteiger partial charge in [0.1, 0.15) is 0 Å². The molecule has 0 amide bonds. The van der Waals surface area contributed by atoms with Crippen LogP contribution in [0.4, 0.5) is 0 Å². The molecule has 0 aliphatic heterocycles. The number of hydrogen-bond acceptors (Lipinski definition) is 4. The summed E-state index contributed by atoms with van der Waals surface area (Å²) in [5, 5.41) is 0. The first kappa shape index (κ1) is 22.0. The van der Waals surface area contributed by atoms with E-state index in [1.54, 1.807) is 0 Å². The third kappa shape index (κ3) is 9.44. The molecule has 154 valence electrons. The van der Waals surface area contributed by atoms with Crippen molar-refractivity contribution in [3.63, 3.8) is 0 Å². The van der Waals surface area contributed by atoms with E-state index < -0.39 is 5.97 Å². The summed E-state index contributed by atoms with van der Waals surface area (Å²) in [6, 6.07) is 0. The summed E-state index contributed by atoms with van der Waals surface area (Å²) in [6.07, 6.45) is 17.4. The van der Waals surface area contributed by atoms with Crippen LogP contribution in [0.15, 0.2) is 12.2 Å². The van der Waals surface area contributed by atoms with E-state index in [0.717, 1.165) is 37.5 Å². The van der Waals surface area contributed by atoms with Gasteiger partial charge in [-0.2, -0.15) is 0 Å². The number of carbonyl (C=O) groups excluding carboxylic acids is 2. The lowest BCUT2D eigenvalue weighted by Crippen LogP contribution is -2.15. The van der Waals surface area contributed by atoms with Crippen molar-refractivity contribution in [1.82, 2.24) is 0 Å². The van der Waals surface area contributed by atoms with E-state index in [0.29, 0.717) is 13.2 Å². The van der Waals surface area contributed by atoms with Crippen LogP contribution in [-0.2, 0) is 19.1 Å². The Morgan fingerprint density at radius 3 is 1.74 bits per heavy atom. The van der Waals surface area contributed by atoms with E-state index >= 15 is 0 Å². The molecule has 0 saturated heterocycles. The van der Waals surface area contributed by atoms with Gasteiger partial charge >= 0.3 is 11.9 Å². The molecular formula is C23H38O4. The molecule has 2 saturated carbocycles. The van der Waals surface area contributed by atoms with Crippen molar-refractivity contribution in [2.45, 2.75) is 96.3 Å². The fraction of sp³-hybridized carbons (Fsp3) is 0.826. The number of ether oxygens (including phenoxy) is 2. The molecule has 0 atom stereocenters. The van der Waals surface area contributed by atoms with Gasteiger partial charge in [-0.25, -0.2) is 4.79 Å². The second kappa shape index (κ2) is 13.0. The summed E-state index contributed by atoms with van der Waals surface area (Å²) in [5.74, 6) is 0.765. The van der Waals surface area contributed by atoms with Crippen LogP contribution in [0.5, 0.6) is 0 Å². The highest BCUT2D eigenvalue weighted by Crippen LogP contribution is 2.28. The Hall–Kier alpha value is -1.32. The lowest BCUT2D eigenvalue weighted by molar-refractivity contribution is -0.146. The van der Waals surface area contributed by atoms with Gasteiger partial charge in [0.25, 0.3) is 0 Å². The molecule has 27 heavy (non-hydrogen) atoms. The average Bonchev–Trinajstić information content (AvgIpc) is 2.70.